The van der Waals surface area contributed by atoms with Crippen LogP contribution >= 0.6 is 0 Å². The molecule has 5 heteroatoms. The topological polar surface area (TPSA) is 89.4 Å². The molecule has 0 spiro atoms. The molecule has 2 aromatic rings. The Hall–Kier alpha value is -2.40. The van der Waals surface area contributed by atoms with E-state index in [1.165, 1.54) is 0 Å². The number of likely N-dealkylation sites (tertiary alicyclic amines) is 1. The number of anilines is 1. The van der Waals surface area contributed by atoms with E-state index in [0.29, 0.717) is 18.3 Å². The number of hydrogen-bond acceptors (Lipinski definition) is 4. The summed E-state index contributed by atoms with van der Waals surface area (Å²) in [6.45, 7) is 5.35. The molecule has 2 aromatic carbocycles. The third-order valence-electron chi connectivity index (χ3n) is 5.74. The van der Waals surface area contributed by atoms with E-state index in [1.807, 2.05) is 41.3 Å². The SMILES string of the molecule is CC(CC(=O)c1ccc2cc(N)ccc2c1)C1CCN(C(=O)[C@H](C)N)CC1. The molecule has 0 bridgehead atoms. The molecule has 2 atom stereocenters. The fourth-order valence-corrected chi connectivity index (χ4v) is 3.99. The zero-order chi connectivity index (χ0) is 19.6. The number of nitrogens with two attached hydrogens (primary N) is 2. The van der Waals surface area contributed by atoms with Crippen LogP contribution < -0.4 is 11.5 Å². The summed E-state index contributed by atoms with van der Waals surface area (Å²) >= 11 is 0. The van der Waals surface area contributed by atoms with Crippen LogP contribution in [0.2, 0.25) is 0 Å². The van der Waals surface area contributed by atoms with Crippen molar-refractivity contribution in [3.05, 3.63) is 42.0 Å². The van der Waals surface area contributed by atoms with Gasteiger partial charge in [-0.1, -0.05) is 25.1 Å². The van der Waals surface area contributed by atoms with Gasteiger partial charge in [0, 0.05) is 30.8 Å². The standard InChI is InChI=1S/C22H29N3O2/c1-14(16-7-9-25(10-8-16)22(27)15(2)23)11-21(26)19-4-3-18-13-20(24)6-5-17(18)12-19/h3-6,12-16H,7-11,23-24H2,1-2H3/t14?,15-/m0/s1. The predicted molar refractivity (Wildman–Crippen MR) is 109 cm³/mol. The summed E-state index contributed by atoms with van der Waals surface area (Å²) in [6.07, 6.45) is 2.40. The third-order valence-corrected chi connectivity index (χ3v) is 5.74. The summed E-state index contributed by atoms with van der Waals surface area (Å²) in [6, 6.07) is 11.1. The Balaban J connectivity index is 1.59. The van der Waals surface area contributed by atoms with Gasteiger partial charge in [0.1, 0.15) is 0 Å². The molecule has 1 aliphatic rings. The molecule has 1 aliphatic heterocycles. The van der Waals surface area contributed by atoms with Gasteiger partial charge in [0.15, 0.2) is 5.78 Å². The average Bonchev–Trinajstić information content (AvgIpc) is 2.66. The van der Waals surface area contributed by atoms with E-state index in [2.05, 4.69) is 6.92 Å². The molecule has 0 aliphatic carbocycles. The Labute approximate surface area is 160 Å². The molecule has 27 heavy (non-hydrogen) atoms. The van der Waals surface area contributed by atoms with Crippen molar-refractivity contribution in [1.82, 2.24) is 4.90 Å². The summed E-state index contributed by atoms with van der Waals surface area (Å²) in [5.74, 6) is 0.961. The molecular formula is C22H29N3O2. The number of rotatable bonds is 5. The molecular weight excluding hydrogens is 338 g/mol. The minimum absolute atomic E-state index is 0.0222. The maximum Gasteiger partial charge on any atom is 0.239 e. The van der Waals surface area contributed by atoms with Gasteiger partial charge in [-0.05, 0) is 60.6 Å². The highest BCUT2D eigenvalue weighted by Gasteiger charge is 2.28. The number of carbonyl (C=O) groups is 2. The molecule has 0 radical (unpaired) electrons. The van der Waals surface area contributed by atoms with E-state index in [-0.39, 0.29) is 11.7 Å². The van der Waals surface area contributed by atoms with Crippen molar-refractivity contribution in [2.75, 3.05) is 18.8 Å². The minimum Gasteiger partial charge on any atom is -0.399 e. The maximum absolute atomic E-state index is 12.8. The van der Waals surface area contributed by atoms with E-state index < -0.39 is 6.04 Å². The molecule has 0 saturated carbocycles. The lowest BCUT2D eigenvalue weighted by molar-refractivity contribution is -0.133. The maximum atomic E-state index is 12.8. The van der Waals surface area contributed by atoms with Crippen LogP contribution in [0.25, 0.3) is 10.8 Å². The van der Waals surface area contributed by atoms with Gasteiger partial charge in [-0.3, -0.25) is 9.59 Å². The molecule has 3 rings (SSSR count). The highest BCUT2D eigenvalue weighted by Crippen LogP contribution is 2.29. The number of fused-ring (bicyclic) bond motifs is 1. The summed E-state index contributed by atoms with van der Waals surface area (Å²) in [5.41, 5.74) is 13.0. The Bertz CT molecular complexity index is 839. The second kappa shape index (κ2) is 8.09. The first kappa shape index (κ1) is 19.4. The van der Waals surface area contributed by atoms with Crippen LogP contribution in [0, 0.1) is 11.8 Å². The third kappa shape index (κ3) is 4.48. The van der Waals surface area contributed by atoms with Gasteiger partial charge in [0.05, 0.1) is 6.04 Å². The van der Waals surface area contributed by atoms with Crippen LogP contribution in [0.3, 0.4) is 0 Å². The molecule has 1 saturated heterocycles. The molecule has 0 aromatic heterocycles. The number of nitrogen functional groups attached to an aromatic ring is 1. The fourth-order valence-electron chi connectivity index (χ4n) is 3.99. The Morgan fingerprint density at radius 1 is 1.07 bits per heavy atom. The number of amides is 1. The number of Topliss-reactive ketones (excluding diaryl/α,β-unsaturated/α-hetero) is 1. The van der Waals surface area contributed by atoms with Crippen LogP contribution in [-0.2, 0) is 4.79 Å². The zero-order valence-corrected chi connectivity index (χ0v) is 16.2. The van der Waals surface area contributed by atoms with Crippen molar-refractivity contribution in [1.29, 1.82) is 0 Å². The average molecular weight is 367 g/mol. The van der Waals surface area contributed by atoms with Crippen LogP contribution in [0.15, 0.2) is 36.4 Å². The quantitative estimate of drug-likeness (QED) is 0.627. The van der Waals surface area contributed by atoms with Gasteiger partial charge < -0.3 is 16.4 Å². The summed E-state index contributed by atoms with van der Waals surface area (Å²) < 4.78 is 0. The fraction of sp³-hybridized carbons (Fsp3) is 0.455. The normalized spacial score (nSPS) is 17.7. The van der Waals surface area contributed by atoms with Crippen LogP contribution in [0.5, 0.6) is 0 Å². The van der Waals surface area contributed by atoms with E-state index in [0.717, 1.165) is 48.0 Å². The monoisotopic (exact) mass is 367 g/mol. The van der Waals surface area contributed by atoms with Gasteiger partial charge in [0.25, 0.3) is 0 Å². The lowest BCUT2D eigenvalue weighted by atomic mass is 9.81. The first-order chi connectivity index (χ1) is 12.8. The number of ketones is 1. The van der Waals surface area contributed by atoms with E-state index in [4.69, 9.17) is 11.5 Å². The van der Waals surface area contributed by atoms with E-state index in [9.17, 15) is 9.59 Å². The largest absolute Gasteiger partial charge is 0.399 e. The Morgan fingerprint density at radius 2 is 1.70 bits per heavy atom. The van der Waals surface area contributed by atoms with Crippen LogP contribution in [-0.4, -0.2) is 35.7 Å². The summed E-state index contributed by atoms with van der Waals surface area (Å²) in [5, 5.41) is 2.08. The number of hydrogen-bond donors (Lipinski definition) is 2. The smallest absolute Gasteiger partial charge is 0.239 e. The summed E-state index contributed by atoms with van der Waals surface area (Å²) in [7, 11) is 0. The highest BCUT2D eigenvalue weighted by atomic mass is 16.2. The van der Waals surface area contributed by atoms with Crippen molar-refractivity contribution in [3.63, 3.8) is 0 Å². The lowest BCUT2D eigenvalue weighted by Crippen LogP contribution is -2.46. The molecule has 1 amide bonds. The zero-order valence-electron chi connectivity index (χ0n) is 16.2. The highest BCUT2D eigenvalue weighted by molar-refractivity contribution is 6.00. The second-order valence-corrected chi connectivity index (χ2v) is 7.88. The number of benzene rings is 2. The molecule has 4 N–H and O–H groups in total. The second-order valence-electron chi connectivity index (χ2n) is 7.88. The predicted octanol–water partition coefficient (Wildman–Crippen LogP) is 3.22. The first-order valence-electron chi connectivity index (χ1n) is 9.72. The van der Waals surface area contributed by atoms with Gasteiger partial charge in [0.2, 0.25) is 5.91 Å². The molecule has 1 fully saturated rings. The number of nitrogens with zero attached hydrogens (tertiary/aromatic N) is 1. The number of carbonyl (C=O) groups excluding carboxylic acids is 2. The van der Waals surface area contributed by atoms with Gasteiger partial charge >= 0.3 is 0 Å². The van der Waals surface area contributed by atoms with Crippen molar-refractivity contribution in [3.8, 4) is 0 Å². The van der Waals surface area contributed by atoms with E-state index >= 15 is 0 Å². The van der Waals surface area contributed by atoms with Crippen LogP contribution in [0.1, 0.15) is 43.5 Å². The summed E-state index contributed by atoms with van der Waals surface area (Å²) in [4.78, 5) is 26.6. The Kier molecular flexibility index (Phi) is 5.80. The van der Waals surface area contributed by atoms with Gasteiger partial charge in [-0.2, -0.15) is 0 Å². The van der Waals surface area contributed by atoms with Crippen LogP contribution in [0.4, 0.5) is 5.69 Å². The molecule has 1 heterocycles. The van der Waals surface area contributed by atoms with Gasteiger partial charge in [-0.15, -0.1) is 0 Å². The van der Waals surface area contributed by atoms with Crippen molar-refractivity contribution in [2.45, 2.75) is 39.2 Å². The molecule has 5 nitrogen and oxygen atoms in total. The van der Waals surface area contributed by atoms with Crippen molar-refractivity contribution < 1.29 is 9.59 Å². The van der Waals surface area contributed by atoms with Crippen molar-refractivity contribution in [2.24, 2.45) is 17.6 Å². The number of piperidine rings is 1. The lowest BCUT2D eigenvalue weighted by Gasteiger charge is -2.35. The van der Waals surface area contributed by atoms with E-state index in [1.54, 1.807) is 6.92 Å². The first-order valence-corrected chi connectivity index (χ1v) is 9.72. The molecule has 144 valence electrons. The Morgan fingerprint density at radius 3 is 2.37 bits per heavy atom. The molecule has 1 unspecified atom stereocenters. The van der Waals surface area contributed by atoms with Gasteiger partial charge in [-0.25, -0.2) is 0 Å². The van der Waals surface area contributed by atoms with Crippen molar-refractivity contribution >= 4 is 28.2 Å². The minimum atomic E-state index is -0.441.